The minimum absolute atomic E-state index is 0.115. The van der Waals surface area contributed by atoms with Gasteiger partial charge >= 0.3 is 11.9 Å². The van der Waals surface area contributed by atoms with Gasteiger partial charge in [0, 0.05) is 5.02 Å². The molecule has 0 amide bonds. The van der Waals surface area contributed by atoms with E-state index in [0.29, 0.717) is 17.0 Å². The van der Waals surface area contributed by atoms with Crippen molar-refractivity contribution >= 4 is 34.4 Å². The molecule has 3 rings (SSSR count). The van der Waals surface area contributed by atoms with Gasteiger partial charge < -0.3 is 14.2 Å². The molecular formula is C21H21ClN2O5. The molecule has 0 fully saturated rings. The number of esters is 2. The standard InChI is InChI=1S/C21H21ClN2O5/c1-3-27-20(25)18(21(26)28-4-2)29-19-16-7-5-6-8-17(16)24(23-19)13-14-9-11-15(22)12-10-14/h5-12,18H,3-4,13H2,1-2H3. The maximum Gasteiger partial charge on any atom is 0.359 e. The van der Waals surface area contributed by atoms with E-state index in [-0.39, 0.29) is 19.1 Å². The average Bonchev–Trinajstić information content (AvgIpc) is 3.05. The molecule has 0 spiro atoms. The number of halogens is 1. The topological polar surface area (TPSA) is 79.7 Å². The van der Waals surface area contributed by atoms with Crippen molar-refractivity contribution in [1.82, 2.24) is 9.78 Å². The first-order valence-electron chi connectivity index (χ1n) is 9.23. The highest BCUT2D eigenvalue weighted by atomic mass is 35.5. The van der Waals surface area contributed by atoms with E-state index in [2.05, 4.69) is 5.10 Å². The van der Waals surface area contributed by atoms with E-state index in [1.807, 2.05) is 36.4 Å². The van der Waals surface area contributed by atoms with Gasteiger partial charge in [-0.05, 0) is 43.7 Å². The summed E-state index contributed by atoms with van der Waals surface area (Å²) >= 11 is 5.95. The van der Waals surface area contributed by atoms with Crippen molar-refractivity contribution in [2.24, 2.45) is 0 Å². The smallest absolute Gasteiger partial charge is 0.359 e. The second kappa shape index (κ2) is 9.43. The number of ether oxygens (including phenoxy) is 3. The van der Waals surface area contributed by atoms with Gasteiger partial charge in [0.2, 0.25) is 5.88 Å². The fourth-order valence-electron chi connectivity index (χ4n) is 2.81. The van der Waals surface area contributed by atoms with Crippen LogP contribution in [-0.2, 0) is 25.6 Å². The molecule has 0 radical (unpaired) electrons. The van der Waals surface area contributed by atoms with Crippen LogP contribution in [0.1, 0.15) is 19.4 Å². The fraction of sp³-hybridized carbons (Fsp3) is 0.286. The van der Waals surface area contributed by atoms with E-state index in [1.165, 1.54) is 0 Å². The van der Waals surface area contributed by atoms with Gasteiger partial charge in [-0.1, -0.05) is 35.9 Å². The third kappa shape index (κ3) is 4.86. The van der Waals surface area contributed by atoms with Crippen LogP contribution in [0.2, 0.25) is 5.02 Å². The van der Waals surface area contributed by atoms with E-state index in [1.54, 1.807) is 30.7 Å². The minimum Gasteiger partial charge on any atom is -0.463 e. The van der Waals surface area contributed by atoms with Gasteiger partial charge in [0.1, 0.15) is 0 Å². The predicted octanol–water partition coefficient (Wildman–Crippen LogP) is 3.61. The van der Waals surface area contributed by atoms with Crippen LogP contribution in [0.15, 0.2) is 48.5 Å². The first-order chi connectivity index (χ1) is 14.0. The number of carbonyl (C=O) groups is 2. The molecule has 0 saturated carbocycles. The van der Waals surface area contributed by atoms with Gasteiger partial charge in [0.05, 0.1) is 30.7 Å². The minimum atomic E-state index is -1.54. The van der Waals surface area contributed by atoms with Gasteiger partial charge in [-0.2, -0.15) is 0 Å². The maximum absolute atomic E-state index is 12.2. The molecule has 8 heteroatoms. The second-order valence-corrected chi connectivity index (χ2v) is 6.54. The van der Waals surface area contributed by atoms with Crippen LogP contribution in [0.4, 0.5) is 0 Å². The Hall–Kier alpha value is -3.06. The Morgan fingerprint density at radius 3 is 2.24 bits per heavy atom. The van der Waals surface area contributed by atoms with Gasteiger partial charge in [-0.25, -0.2) is 9.59 Å². The van der Waals surface area contributed by atoms with Gasteiger partial charge in [-0.15, -0.1) is 5.10 Å². The summed E-state index contributed by atoms with van der Waals surface area (Å²) < 4.78 is 17.3. The summed E-state index contributed by atoms with van der Waals surface area (Å²) in [5.41, 5.74) is 1.78. The maximum atomic E-state index is 12.2. The quantitative estimate of drug-likeness (QED) is 0.412. The van der Waals surface area contributed by atoms with Crippen molar-refractivity contribution in [3.8, 4) is 5.88 Å². The number of nitrogens with zero attached hydrogens (tertiary/aromatic N) is 2. The molecule has 0 aliphatic rings. The van der Waals surface area contributed by atoms with Crippen LogP contribution < -0.4 is 4.74 Å². The molecule has 2 aromatic carbocycles. The number of carbonyl (C=O) groups excluding carboxylic acids is 2. The molecule has 0 aliphatic heterocycles. The Morgan fingerprint density at radius 1 is 1.00 bits per heavy atom. The SMILES string of the molecule is CCOC(=O)C(Oc1nn(Cc2ccc(Cl)cc2)c2ccccc12)C(=O)OCC. The van der Waals surface area contributed by atoms with E-state index < -0.39 is 18.0 Å². The van der Waals surface area contributed by atoms with E-state index in [4.69, 9.17) is 25.8 Å². The summed E-state index contributed by atoms with van der Waals surface area (Å²) in [5, 5.41) is 5.79. The van der Waals surface area contributed by atoms with Crippen molar-refractivity contribution < 1.29 is 23.8 Å². The summed E-state index contributed by atoms with van der Waals surface area (Å²) in [7, 11) is 0. The zero-order valence-corrected chi connectivity index (χ0v) is 16.9. The van der Waals surface area contributed by atoms with Crippen molar-refractivity contribution in [2.45, 2.75) is 26.5 Å². The van der Waals surface area contributed by atoms with Crippen molar-refractivity contribution in [3.05, 3.63) is 59.1 Å². The lowest BCUT2D eigenvalue weighted by Crippen LogP contribution is -2.38. The van der Waals surface area contributed by atoms with Crippen molar-refractivity contribution in [2.75, 3.05) is 13.2 Å². The summed E-state index contributed by atoms with van der Waals surface area (Å²) in [6.45, 7) is 3.99. The lowest BCUT2D eigenvalue weighted by atomic mass is 10.2. The predicted molar refractivity (Wildman–Crippen MR) is 108 cm³/mol. The van der Waals surface area contributed by atoms with Crippen LogP contribution >= 0.6 is 11.6 Å². The number of hydrogen-bond acceptors (Lipinski definition) is 6. The molecule has 29 heavy (non-hydrogen) atoms. The van der Waals surface area contributed by atoms with Crippen molar-refractivity contribution in [3.63, 3.8) is 0 Å². The first kappa shape index (κ1) is 20.7. The molecule has 1 heterocycles. The Morgan fingerprint density at radius 2 is 1.62 bits per heavy atom. The molecule has 7 nitrogen and oxygen atoms in total. The van der Waals surface area contributed by atoms with E-state index in [9.17, 15) is 9.59 Å². The lowest BCUT2D eigenvalue weighted by Gasteiger charge is -2.14. The molecule has 3 aromatic rings. The molecule has 0 saturated heterocycles. The molecule has 152 valence electrons. The normalized spacial score (nSPS) is 10.9. The lowest BCUT2D eigenvalue weighted by molar-refractivity contribution is -0.166. The highest BCUT2D eigenvalue weighted by Crippen LogP contribution is 2.27. The zero-order valence-electron chi connectivity index (χ0n) is 16.1. The molecule has 0 unspecified atom stereocenters. The van der Waals surface area contributed by atoms with Gasteiger partial charge in [0.25, 0.3) is 6.10 Å². The first-order valence-corrected chi connectivity index (χ1v) is 9.61. The molecule has 1 aromatic heterocycles. The van der Waals surface area contributed by atoms with E-state index in [0.717, 1.165) is 11.1 Å². The molecule has 0 bridgehead atoms. The van der Waals surface area contributed by atoms with Crippen LogP contribution in [0.25, 0.3) is 10.9 Å². The Bertz CT molecular complexity index is 982. The fourth-order valence-corrected chi connectivity index (χ4v) is 2.93. The van der Waals surface area contributed by atoms with Crippen LogP contribution in [-0.4, -0.2) is 41.0 Å². The summed E-state index contributed by atoms with van der Waals surface area (Å²) in [6.07, 6.45) is -1.54. The Labute approximate surface area is 173 Å². The van der Waals surface area contributed by atoms with Gasteiger partial charge in [0.15, 0.2) is 0 Å². The highest BCUT2D eigenvalue weighted by molar-refractivity contribution is 6.30. The number of para-hydroxylation sites is 1. The van der Waals surface area contributed by atoms with Crippen LogP contribution in [0, 0.1) is 0 Å². The molecule has 0 N–H and O–H groups in total. The average molecular weight is 417 g/mol. The van der Waals surface area contributed by atoms with Crippen molar-refractivity contribution in [1.29, 1.82) is 0 Å². The summed E-state index contributed by atoms with van der Waals surface area (Å²) in [6, 6.07) is 14.8. The summed E-state index contributed by atoms with van der Waals surface area (Å²) in [4.78, 5) is 24.5. The number of hydrogen-bond donors (Lipinski definition) is 0. The third-order valence-corrected chi connectivity index (χ3v) is 4.35. The number of benzene rings is 2. The van der Waals surface area contributed by atoms with E-state index >= 15 is 0 Å². The third-order valence-electron chi connectivity index (χ3n) is 4.10. The van der Waals surface area contributed by atoms with Crippen LogP contribution in [0.5, 0.6) is 5.88 Å². The highest BCUT2D eigenvalue weighted by Gasteiger charge is 2.33. The Kier molecular flexibility index (Phi) is 6.72. The Balaban J connectivity index is 1.94. The largest absolute Gasteiger partial charge is 0.463 e. The van der Waals surface area contributed by atoms with Crippen LogP contribution in [0.3, 0.4) is 0 Å². The second-order valence-electron chi connectivity index (χ2n) is 6.11. The molecular weight excluding hydrogens is 396 g/mol. The monoisotopic (exact) mass is 416 g/mol. The molecule has 0 atom stereocenters. The number of rotatable bonds is 8. The number of fused-ring (bicyclic) bond motifs is 1. The molecule has 0 aliphatic carbocycles. The number of aromatic nitrogens is 2. The summed E-state index contributed by atoms with van der Waals surface area (Å²) in [5.74, 6) is -1.48. The zero-order chi connectivity index (χ0) is 20.8. The van der Waals surface area contributed by atoms with Gasteiger partial charge in [-0.3, -0.25) is 4.68 Å².